The van der Waals surface area contributed by atoms with Gasteiger partial charge in [0.05, 0.1) is 11.0 Å². The van der Waals surface area contributed by atoms with Crippen molar-refractivity contribution in [1.82, 2.24) is 14.5 Å². The van der Waals surface area contributed by atoms with E-state index in [4.69, 9.17) is 0 Å². The van der Waals surface area contributed by atoms with Gasteiger partial charge < -0.3 is 10.2 Å². The SMILES string of the molecule is CCn1c(=O)n(CC(=O)NCCN(C)c2ccccc2)c2ccccc21. The number of imidazole rings is 1. The van der Waals surface area contributed by atoms with Gasteiger partial charge in [-0.05, 0) is 31.2 Å². The average Bonchev–Trinajstić information content (AvgIpc) is 2.93. The van der Waals surface area contributed by atoms with Crippen LogP contribution in [0.2, 0.25) is 0 Å². The van der Waals surface area contributed by atoms with E-state index < -0.39 is 0 Å². The lowest BCUT2D eigenvalue weighted by molar-refractivity contribution is -0.121. The molecule has 26 heavy (non-hydrogen) atoms. The number of fused-ring (bicyclic) bond motifs is 1. The lowest BCUT2D eigenvalue weighted by atomic mass is 10.3. The zero-order valence-electron chi connectivity index (χ0n) is 15.2. The average molecular weight is 352 g/mol. The number of carbonyl (C=O) groups is 1. The van der Waals surface area contributed by atoms with Crippen molar-refractivity contribution < 1.29 is 4.79 Å². The normalized spacial score (nSPS) is 10.8. The zero-order valence-corrected chi connectivity index (χ0v) is 15.2. The second-order valence-corrected chi connectivity index (χ2v) is 6.21. The summed E-state index contributed by atoms with van der Waals surface area (Å²) in [5.41, 5.74) is 2.60. The first kappa shape index (κ1) is 17.8. The molecule has 0 radical (unpaired) electrons. The fraction of sp³-hybridized carbons (Fsp3) is 0.300. The molecule has 0 aliphatic carbocycles. The van der Waals surface area contributed by atoms with Crippen LogP contribution in [0.15, 0.2) is 59.4 Å². The van der Waals surface area contributed by atoms with Crippen LogP contribution in [0.3, 0.4) is 0 Å². The molecule has 6 nitrogen and oxygen atoms in total. The molecule has 0 fully saturated rings. The van der Waals surface area contributed by atoms with Gasteiger partial charge in [-0.25, -0.2) is 4.79 Å². The number of anilines is 1. The molecule has 1 heterocycles. The minimum atomic E-state index is -0.160. The molecule has 1 aromatic heterocycles. The molecule has 1 N–H and O–H groups in total. The molecule has 0 unspecified atom stereocenters. The topological polar surface area (TPSA) is 59.3 Å². The van der Waals surface area contributed by atoms with Crippen molar-refractivity contribution in [1.29, 1.82) is 0 Å². The summed E-state index contributed by atoms with van der Waals surface area (Å²) in [6, 6.07) is 17.6. The first-order valence-electron chi connectivity index (χ1n) is 8.82. The van der Waals surface area contributed by atoms with Crippen LogP contribution < -0.4 is 15.9 Å². The Bertz CT molecular complexity index is 943. The highest BCUT2D eigenvalue weighted by atomic mass is 16.2. The summed E-state index contributed by atoms with van der Waals surface area (Å²) in [4.78, 5) is 27.0. The van der Waals surface area contributed by atoms with E-state index in [-0.39, 0.29) is 18.1 Å². The van der Waals surface area contributed by atoms with Gasteiger partial charge in [0.15, 0.2) is 0 Å². The molecule has 0 spiro atoms. The molecule has 3 aromatic rings. The zero-order chi connectivity index (χ0) is 18.5. The maximum Gasteiger partial charge on any atom is 0.329 e. The van der Waals surface area contributed by atoms with Crippen molar-refractivity contribution in [2.75, 3.05) is 25.0 Å². The van der Waals surface area contributed by atoms with Crippen molar-refractivity contribution in [3.05, 3.63) is 65.1 Å². The van der Waals surface area contributed by atoms with Crippen molar-refractivity contribution in [3.8, 4) is 0 Å². The van der Waals surface area contributed by atoms with Crippen molar-refractivity contribution in [3.63, 3.8) is 0 Å². The Labute approximate surface area is 152 Å². The molecular formula is C20H24N4O2. The number of amides is 1. The van der Waals surface area contributed by atoms with Crippen LogP contribution in [0.4, 0.5) is 5.69 Å². The second kappa shape index (κ2) is 7.91. The number of carbonyl (C=O) groups excluding carboxylic acids is 1. The monoisotopic (exact) mass is 352 g/mol. The summed E-state index contributed by atoms with van der Waals surface area (Å²) in [6.07, 6.45) is 0. The number of aryl methyl sites for hydroxylation is 1. The Hall–Kier alpha value is -3.02. The lowest BCUT2D eigenvalue weighted by Gasteiger charge is -2.19. The highest BCUT2D eigenvalue weighted by Crippen LogP contribution is 2.12. The minimum absolute atomic E-state index is 0.0292. The van der Waals surface area contributed by atoms with E-state index in [0.717, 1.165) is 16.7 Å². The fourth-order valence-corrected chi connectivity index (χ4v) is 3.10. The number of rotatable bonds is 7. The molecule has 0 bridgehead atoms. The molecule has 6 heteroatoms. The molecule has 0 aliphatic heterocycles. The van der Waals surface area contributed by atoms with Gasteiger partial charge in [0, 0.05) is 32.4 Å². The van der Waals surface area contributed by atoms with Gasteiger partial charge in [-0.3, -0.25) is 13.9 Å². The van der Waals surface area contributed by atoms with E-state index >= 15 is 0 Å². The van der Waals surface area contributed by atoms with Gasteiger partial charge >= 0.3 is 5.69 Å². The molecule has 0 atom stereocenters. The maximum atomic E-state index is 12.6. The van der Waals surface area contributed by atoms with Gasteiger partial charge in [0.25, 0.3) is 0 Å². The third-order valence-corrected chi connectivity index (χ3v) is 4.51. The lowest BCUT2D eigenvalue weighted by Crippen LogP contribution is -2.37. The highest BCUT2D eigenvalue weighted by Gasteiger charge is 2.14. The Morgan fingerprint density at radius 2 is 1.62 bits per heavy atom. The van der Waals surface area contributed by atoms with Crippen molar-refractivity contribution in [2.45, 2.75) is 20.0 Å². The van der Waals surface area contributed by atoms with Gasteiger partial charge in [-0.1, -0.05) is 30.3 Å². The van der Waals surface area contributed by atoms with Crippen LogP contribution >= 0.6 is 0 Å². The predicted octanol–water partition coefficient (Wildman–Crippen LogP) is 2.08. The second-order valence-electron chi connectivity index (χ2n) is 6.21. The molecule has 0 aliphatic rings. The van der Waals surface area contributed by atoms with Crippen LogP contribution in [0.25, 0.3) is 11.0 Å². The van der Waals surface area contributed by atoms with Gasteiger partial charge in [0.2, 0.25) is 5.91 Å². The van der Waals surface area contributed by atoms with E-state index in [9.17, 15) is 9.59 Å². The highest BCUT2D eigenvalue weighted by molar-refractivity contribution is 5.81. The van der Waals surface area contributed by atoms with Crippen LogP contribution in [-0.2, 0) is 17.9 Å². The number of benzene rings is 2. The fourth-order valence-electron chi connectivity index (χ4n) is 3.10. The number of hydrogen-bond acceptors (Lipinski definition) is 3. The number of nitrogens with one attached hydrogen (secondary N) is 1. The van der Waals surface area contributed by atoms with Crippen molar-refractivity contribution >= 4 is 22.6 Å². The minimum Gasteiger partial charge on any atom is -0.373 e. The van der Waals surface area contributed by atoms with Gasteiger partial charge in [-0.2, -0.15) is 0 Å². The standard InChI is InChI=1S/C20H24N4O2/c1-3-23-17-11-7-8-12-18(17)24(20(23)26)15-19(25)21-13-14-22(2)16-9-5-4-6-10-16/h4-12H,3,13-15H2,1-2H3,(H,21,25). The summed E-state index contributed by atoms with van der Waals surface area (Å²) >= 11 is 0. The van der Waals surface area contributed by atoms with Crippen LogP contribution in [0, 0.1) is 0 Å². The van der Waals surface area contributed by atoms with Gasteiger partial charge in [-0.15, -0.1) is 0 Å². The molecule has 0 saturated heterocycles. The van der Waals surface area contributed by atoms with Crippen LogP contribution in [0.1, 0.15) is 6.92 Å². The number of likely N-dealkylation sites (N-methyl/N-ethyl adjacent to an activating group) is 1. The van der Waals surface area contributed by atoms with Crippen LogP contribution in [0.5, 0.6) is 0 Å². The molecule has 3 rings (SSSR count). The Morgan fingerprint density at radius 1 is 1.00 bits per heavy atom. The van der Waals surface area contributed by atoms with Gasteiger partial charge in [0.1, 0.15) is 6.54 Å². The van der Waals surface area contributed by atoms with E-state index in [1.807, 2.05) is 68.6 Å². The molecule has 2 aromatic carbocycles. The summed E-state index contributed by atoms with van der Waals surface area (Å²) in [6.45, 7) is 3.75. The summed E-state index contributed by atoms with van der Waals surface area (Å²) in [7, 11) is 1.99. The predicted molar refractivity (Wildman–Crippen MR) is 105 cm³/mol. The molecule has 136 valence electrons. The number of hydrogen-bond donors (Lipinski definition) is 1. The van der Waals surface area contributed by atoms with E-state index in [1.165, 1.54) is 4.57 Å². The van der Waals surface area contributed by atoms with Crippen molar-refractivity contribution in [2.24, 2.45) is 0 Å². The first-order chi connectivity index (χ1) is 12.6. The number of para-hydroxylation sites is 3. The Balaban J connectivity index is 1.63. The largest absolute Gasteiger partial charge is 0.373 e. The maximum absolute atomic E-state index is 12.6. The molecule has 1 amide bonds. The third kappa shape index (κ3) is 3.64. The summed E-state index contributed by atoms with van der Waals surface area (Å²) < 4.78 is 3.22. The summed E-state index contributed by atoms with van der Waals surface area (Å²) in [5.74, 6) is -0.160. The van der Waals surface area contributed by atoms with E-state index in [1.54, 1.807) is 4.57 Å². The van der Waals surface area contributed by atoms with E-state index in [2.05, 4.69) is 10.2 Å². The number of nitrogens with zero attached hydrogens (tertiary/aromatic N) is 3. The Morgan fingerprint density at radius 3 is 2.27 bits per heavy atom. The molecule has 0 saturated carbocycles. The van der Waals surface area contributed by atoms with Crippen LogP contribution in [-0.4, -0.2) is 35.2 Å². The molecular weight excluding hydrogens is 328 g/mol. The smallest absolute Gasteiger partial charge is 0.329 e. The first-order valence-corrected chi connectivity index (χ1v) is 8.82. The third-order valence-electron chi connectivity index (χ3n) is 4.51. The van der Waals surface area contributed by atoms with E-state index in [0.29, 0.717) is 19.6 Å². The quantitative estimate of drug-likeness (QED) is 0.708. The summed E-state index contributed by atoms with van der Waals surface area (Å²) in [5, 5.41) is 2.90. The Kier molecular flexibility index (Phi) is 5.41. The number of aromatic nitrogens is 2.